The Labute approximate surface area is 130 Å². The molecule has 4 N–H and O–H groups in total. The van der Waals surface area contributed by atoms with Gasteiger partial charge in [0.2, 0.25) is 0 Å². The summed E-state index contributed by atoms with van der Waals surface area (Å²) in [6, 6.07) is 24.2. The zero-order chi connectivity index (χ0) is 15.4. The average Bonchev–Trinajstić information content (AvgIpc) is 2.56. The van der Waals surface area contributed by atoms with Gasteiger partial charge >= 0.3 is 0 Å². The standard InChI is InChI=1S/C20H18N2/c21-19-11-5-16(6-12-19)2-1-15-3-7-17(8-4-15)18-9-13-20(22)14-10-18/h1-14H,21-22H2/b2-1+. The molecule has 0 saturated heterocycles. The van der Waals surface area contributed by atoms with Crippen LogP contribution in [0.1, 0.15) is 11.1 Å². The quantitative estimate of drug-likeness (QED) is 0.542. The summed E-state index contributed by atoms with van der Waals surface area (Å²) < 4.78 is 0. The normalized spacial score (nSPS) is 10.9. The van der Waals surface area contributed by atoms with Crippen LogP contribution in [0.2, 0.25) is 0 Å². The van der Waals surface area contributed by atoms with E-state index in [-0.39, 0.29) is 0 Å². The molecule has 2 nitrogen and oxygen atoms in total. The molecule has 3 aromatic carbocycles. The van der Waals surface area contributed by atoms with Crippen molar-refractivity contribution < 1.29 is 0 Å². The highest BCUT2D eigenvalue weighted by atomic mass is 14.5. The maximum absolute atomic E-state index is 5.72. The van der Waals surface area contributed by atoms with E-state index in [2.05, 4.69) is 36.4 Å². The minimum Gasteiger partial charge on any atom is -0.399 e. The molecule has 0 heterocycles. The maximum Gasteiger partial charge on any atom is 0.0314 e. The van der Waals surface area contributed by atoms with Gasteiger partial charge in [-0.2, -0.15) is 0 Å². The molecule has 0 aliphatic rings. The molecule has 0 atom stereocenters. The minimum absolute atomic E-state index is 0.782. The number of nitrogens with two attached hydrogens (primary N) is 2. The zero-order valence-electron chi connectivity index (χ0n) is 12.2. The molecule has 2 heteroatoms. The lowest BCUT2D eigenvalue weighted by Gasteiger charge is -2.03. The zero-order valence-corrected chi connectivity index (χ0v) is 12.2. The molecule has 0 radical (unpaired) electrons. The van der Waals surface area contributed by atoms with Gasteiger partial charge in [0.1, 0.15) is 0 Å². The Morgan fingerprint density at radius 1 is 0.455 bits per heavy atom. The second-order valence-corrected chi connectivity index (χ2v) is 5.24. The molecule has 0 aromatic heterocycles. The first kappa shape index (κ1) is 14.0. The number of hydrogen-bond donors (Lipinski definition) is 2. The van der Waals surface area contributed by atoms with E-state index in [0.29, 0.717) is 0 Å². The molecule has 0 amide bonds. The van der Waals surface area contributed by atoms with E-state index >= 15 is 0 Å². The summed E-state index contributed by atoms with van der Waals surface area (Å²) >= 11 is 0. The van der Waals surface area contributed by atoms with Crippen LogP contribution in [0, 0.1) is 0 Å². The first-order valence-corrected chi connectivity index (χ1v) is 7.20. The smallest absolute Gasteiger partial charge is 0.0314 e. The Morgan fingerprint density at radius 2 is 0.773 bits per heavy atom. The summed E-state index contributed by atoms with van der Waals surface area (Å²) in [5.74, 6) is 0. The third kappa shape index (κ3) is 3.36. The van der Waals surface area contributed by atoms with Crippen molar-refractivity contribution in [2.24, 2.45) is 0 Å². The highest BCUT2D eigenvalue weighted by molar-refractivity contribution is 5.73. The van der Waals surface area contributed by atoms with Gasteiger partial charge in [-0.3, -0.25) is 0 Å². The van der Waals surface area contributed by atoms with Gasteiger partial charge in [0.05, 0.1) is 0 Å². The van der Waals surface area contributed by atoms with E-state index < -0.39 is 0 Å². The predicted molar refractivity (Wildman–Crippen MR) is 96.1 cm³/mol. The van der Waals surface area contributed by atoms with Gasteiger partial charge in [0, 0.05) is 11.4 Å². The summed E-state index contributed by atoms with van der Waals surface area (Å²) in [7, 11) is 0. The molecule has 0 aliphatic carbocycles. The summed E-state index contributed by atoms with van der Waals surface area (Å²) in [4.78, 5) is 0. The van der Waals surface area contributed by atoms with Crippen molar-refractivity contribution in [2.45, 2.75) is 0 Å². The van der Waals surface area contributed by atoms with Gasteiger partial charge in [-0.25, -0.2) is 0 Å². The lowest BCUT2D eigenvalue weighted by molar-refractivity contribution is 1.59. The fraction of sp³-hybridized carbons (Fsp3) is 0. The van der Waals surface area contributed by atoms with E-state index in [9.17, 15) is 0 Å². The molecule has 22 heavy (non-hydrogen) atoms. The Bertz CT molecular complexity index is 767. The minimum atomic E-state index is 0.782. The number of anilines is 2. The van der Waals surface area contributed by atoms with Gasteiger partial charge in [-0.05, 0) is 46.5 Å². The van der Waals surface area contributed by atoms with E-state index in [1.54, 1.807) is 0 Å². The first-order chi connectivity index (χ1) is 10.7. The van der Waals surface area contributed by atoms with Crippen LogP contribution >= 0.6 is 0 Å². The monoisotopic (exact) mass is 286 g/mol. The highest BCUT2D eigenvalue weighted by Gasteiger charge is 1.97. The van der Waals surface area contributed by atoms with Gasteiger partial charge in [0.15, 0.2) is 0 Å². The second kappa shape index (κ2) is 6.19. The van der Waals surface area contributed by atoms with Crippen LogP contribution in [0.5, 0.6) is 0 Å². The average molecular weight is 286 g/mol. The Balaban J connectivity index is 1.76. The molecule has 0 spiro atoms. The van der Waals surface area contributed by atoms with Crippen molar-refractivity contribution in [3.05, 3.63) is 83.9 Å². The number of benzene rings is 3. The number of nitrogen functional groups attached to an aromatic ring is 2. The fourth-order valence-electron chi connectivity index (χ4n) is 2.26. The van der Waals surface area contributed by atoms with Crippen LogP contribution in [0.25, 0.3) is 23.3 Å². The van der Waals surface area contributed by atoms with Crippen LogP contribution in [0.3, 0.4) is 0 Å². The van der Waals surface area contributed by atoms with Crippen LogP contribution in [0.15, 0.2) is 72.8 Å². The van der Waals surface area contributed by atoms with E-state index in [4.69, 9.17) is 11.5 Å². The summed E-state index contributed by atoms with van der Waals surface area (Å²) in [5.41, 5.74) is 17.6. The van der Waals surface area contributed by atoms with Crippen molar-refractivity contribution in [1.29, 1.82) is 0 Å². The summed E-state index contributed by atoms with van der Waals surface area (Å²) in [6.07, 6.45) is 4.18. The highest BCUT2D eigenvalue weighted by Crippen LogP contribution is 2.21. The van der Waals surface area contributed by atoms with Crippen molar-refractivity contribution in [2.75, 3.05) is 11.5 Å². The van der Waals surface area contributed by atoms with Gasteiger partial charge < -0.3 is 11.5 Å². The van der Waals surface area contributed by atoms with Gasteiger partial charge in [-0.15, -0.1) is 0 Å². The number of hydrogen-bond acceptors (Lipinski definition) is 2. The molecular weight excluding hydrogens is 268 g/mol. The number of rotatable bonds is 3. The molecule has 0 aliphatic heterocycles. The summed E-state index contributed by atoms with van der Waals surface area (Å²) in [6.45, 7) is 0. The molecule has 3 rings (SSSR count). The van der Waals surface area contributed by atoms with E-state index in [1.807, 2.05) is 48.5 Å². The SMILES string of the molecule is Nc1ccc(/C=C/c2ccc(-c3ccc(N)cc3)cc2)cc1. The molecule has 0 bridgehead atoms. The molecule has 108 valence electrons. The van der Waals surface area contributed by atoms with Crippen LogP contribution in [0.4, 0.5) is 11.4 Å². The molecular formula is C20H18N2. The molecule has 3 aromatic rings. The van der Waals surface area contributed by atoms with E-state index in [1.165, 1.54) is 11.1 Å². The molecule has 0 unspecified atom stereocenters. The van der Waals surface area contributed by atoms with Crippen LogP contribution in [-0.2, 0) is 0 Å². The molecule has 0 saturated carbocycles. The predicted octanol–water partition coefficient (Wildman–Crippen LogP) is 4.69. The first-order valence-electron chi connectivity index (χ1n) is 7.20. The fourth-order valence-corrected chi connectivity index (χ4v) is 2.26. The van der Waals surface area contributed by atoms with Crippen molar-refractivity contribution in [1.82, 2.24) is 0 Å². The largest absolute Gasteiger partial charge is 0.399 e. The van der Waals surface area contributed by atoms with Crippen molar-refractivity contribution >= 4 is 23.5 Å². The van der Waals surface area contributed by atoms with Gasteiger partial charge in [0.25, 0.3) is 0 Å². The Kier molecular flexibility index (Phi) is 3.92. The third-order valence-electron chi connectivity index (χ3n) is 3.56. The lowest BCUT2D eigenvalue weighted by atomic mass is 10.0. The van der Waals surface area contributed by atoms with Crippen molar-refractivity contribution in [3.63, 3.8) is 0 Å². The van der Waals surface area contributed by atoms with Crippen molar-refractivity contribution in [3.8, 4) is 11.1 Å². The summed E-state index contributed by atoms with van der Waals surface area (Å²) in [5, 5.41) is 0. The topological polar surface area (TPSA) is 52.0 Å². The Hall–Kier alpha value is -3.00. The second-order valence-electron chi connectivity index (χ2n) is 5.24. The van der Waals surface area contributed by atoms with Gasteiger partial charge in [-0.1, -0.05) is 60.7 Å². The maximum atomic E-state index is 5.72. The lowest BCUT2D eigenvalue weighted by Crippen LogP contribution is -1.84. The van der Waals surface area contributed by atoms with E-state index in [0.717, 1.165) is 22.5 Å². The Morgan fingerprint density at radius 3 is 1.23 bits per heavy atom. The van der Waals surface area contributed by atoms with Crippen LogP contribution < -0.4 is 11.5 Å². The molecule has 0 fully saturated rings. The van der Waals surface area contributed by atoms with Crippen LogP contribution in [-0.4, -0.2) is 0 Å². The third-order valence-corrected chi connectivity index (χ3v) is 3.56.